The fourth-order valence-electron chi connectivity index (χ4n) is 0. The Bertz CT molecular complexity index is 40.1. The van der Waals surface area contributed by atoms with E-state index in [9.17, 15) is 0 Å². The zero-order valence-electron chi connectivity index (χ0n) is 2.73. The first-order valence-corrected chi connectivity index (χ1v) is 2.55. The molecular formula is HAgAlO3Ti. The summed E-state index contributed by atoms with van der Waals surface area (Å²) >= 11 is -1.39. The quantitative estimate of drug-likeness (QED) is 0.502. The van der Waals surface area contributed by atoms with Gasteiger partial charge in [0.1, 0.15) is 0 Å². The Morgan fingerprint density at radius 2 is 1.17 bits per heavy atom. The summed E-state index contributed by atoms with van der Waals surface area (Å²) in [4.78, 5) is 0. The Kier molecular flexibility index (Phi) is 84.9. The number of hydrogen-bond acceptors (Lipinski definition) is 3. The predicted octanol–water partition coefficient (Wildman–Crippen LogP) is -1.01. The van der Waals surface area contributed by atoms with Gasteiger partial charge in [0.2, 0.25) is 0 Å². The van der Waals surface area contributed by atoms with Crippen LogP contribution in [0.15, 0.2) is 0 Å². The summed E-state index contributed by atoms with van der Waals surface area (Å²) in [5.41, 5.74) is 0. The van der Waals surface area contributed by atoms with E-state index in [4.69, 9.17) is 10.5 Å². The monoisotopic (exact) mass is 231 g/mol. The van der Waals surface area contributed by atoms with E-state index in [1.54, 1.807) is 0 Å². The van der Waals surface area contributed by atoms with Crippen LogP contribution in [0, 0.1) is 0 Å². The molecule has 6 heteroatoms. The average molecular weight is 232 g/mol. The van der Waals surface area contributed by atoms with Crippen LogP contribution in [-0.4, -0.2) is 16.2 Å². The molecule has 0 fully saturated rings. The summed E-state index contributed by atoms with van der Waals surface area (Å²) < 4.78 is 25.3. The summed E-state index contributed by atoms with van der Waals surface area (Å²) in [5, 5.41) is 0. The van der Waals surface area contributed by atoms with Crippen LogP contribution in [0.4, 0.5) is 0 Å². The van der Waals surface area contributed by atoms with Crippen LogP contribution in [0.5, 0.6) is 0 Å². The minimum atomic E-state index is -2.00. The van der Waals surface area contributed by atoms with Crippen LogP contribution in [0.2, 0.25) is 0 Å². The molecule has 0 unspecified atom stereocenters. The number of rotatable bonds is 0. The molecule has 0 rings (SSSR count). The third-order valence-corrected chi connectivity index (χ3v) is 0. The molecule has 0 aliphatic rings. The van der Waals surface area contributed by atoms with Crippen molar-refractivity contribution < 1.29 is 51.9 Å². The van der Waals surface area contributed by atoms with Crippen LogP contribution >= 0.6 is 0 Å². The molecule has 0 aliphatic carbocycles. The van der Waals surface area contributed by atoms with Crippen molar-refractivity contribution in [3.63, 3.8) is 0 Å². The summed E-state index contributed by atoms with van der Waals surface area (Å²) in [6, 6.07) is 0. The normalized spacial score (nSPS) is 1.83. The van der Waals surface area contributed by atoms with E-state index < -0.39 is 19.1 Å². The van der Waals surface area contributed by atoms with Crippen molar-refractivity contribution in [3.05, 3.63) is 0 Å². The molecule has 0 bridgehead atoms. The van der Waals surface area contributed by atoms with Crippen LogP contribution < -0.4 is 0 Å². The fourth-order valence-corrected chi connectivity index (χ4v) is 0. The second-order valence-electron chi connectivity index (χ2n) is 0.0833. The molecule has 0 aromatic carbocycles. The molecule has 0 saturated heterocycles. The molecule has 3 nitrogen and oxygen atoms in total. The molecule has 0 aliphatic heterocycles. The van der Waals surface area contributed by atoms with Gasteiger partial charge in [-0.3, -0.25) is 0 Å². The summed E-state index contributed by atoms with van der Waals surface area (Å²) in [7, 11) is 0. The second-order valence-corrected chi connectivity index (χ2v) is 0.344. The van der Waals surface area contributed by atoms with E-state index in [1.165, 1.54) is 0 Å². The van der Waals surface area contributed by atoms with Crippen LogP contribution in [0.3, 0.4) is 0 Å². The third kappa shape index (κ3) is 53.9. The van der Waals surface area contributed by atoms with Gasteiger partial charge in [-0.25, -0.2) is 0 Å². The first kappa shape index (κ1) is 15.7. The van der Waals surface area contributed by atoms with Gasteiger partial charge in [0.15, 0.2) is 0 Å². The van der Waals surface area contributed by atoms with Crippen LogP contribution in [0.1, 0.15) is 0 Å². The van der Waals surface area contributed by atoms with Crippen LogP contribution in [0.25, 0.3) is 0 Å². The van der Waals surface area contributed by atoms with Gasteiger partial charge in [0, 0.05) is 22.4 Å². The first-order valence-electron chi connectivity index (χ1n) is 0.697. The SMILES string of the molecule is [Ag].[O]=[AlH].[O]=[Ti]=[O]. The van der Waals surface area contributed by atoms with Crippen LogP contribution in [-0.2, 0) is 51.9 Å². The maximum absolute atomic E-state index is 8.50. The average Bonchev–Trinajstić information content (AvgIpc) is 1.46. The van der Waals surface area contributed by atoms with Crippen molar-refractivity contribution in [3.8, 4) is 0 Å². The first-order chi connectivity index (χ1) is 2.41. The van der Waals surface area contributed by atoms with Gasteiger partial charge < -0.3 is 0 Å². The molecule has 0 spiro atoms. The van der Waals surface area contributed by atoms with Gasteiger partial charge in [-0.15, -0.1) is 0 Å². The predicted molar refractivity (Wildman–Crippen MR) is 9.21 cm³/mol. The zero-order chi connectivity index (χ0) is 4.71. The molecule has 0 saturated carbocycles. The third-order valence-electron chi connectivity index (χ3n) is 0. The zero-order valence-corrected chi connectivity index (χ0v) is 7.19. The molecule has 0 atom stereocenters. The van der Waals surface area contributed by atoms with Crippen molar-refractivity contribution in [1.29, 1.82) is 0 Å². The van der Waals surface area contributed by atoms with E-state index in [-0.39, 0.29) is 22.4 Å². The molecule has 0 N–H and O–H groups in total. The number of hydrogen-bond donors (Lipinski definition) is 0. The second kappa shape index (κ2) is 32.5. The Morgan fingerprint density at radius 1 is 1.17 bits per heavy atom. The minimum absolute atomic E-state index is 0. The van der Waals surface area contributed by atoms with Gasteiger partial charge in [-0.1, -0.05) is 0 Å². The summed E-state index contributed by atoms with van der Waals surface area (Å²) in [5.74, 6) is 0. The Hall–Kier alpha value is 1.39. The van der Waals surface area contributed by atoms with Crippen molar-refractivity contribution in [2.75, 3.05) is 0 Å². The van der Waals surface area contributed by atoms with E-state index in [0.717, 1.165) is 0 Å². The van der Waals surface area contributed by atoms with E-state index in [0.29, 0.717) is 16.2 Å². The fraction of sp³-hybridized carbons (Fsp3) is 0. The van der Waals surface area contributed by atoms with E-state index in [1.807, 2.05) is 0 Å². The van der Waals surface area contributed by atoms with E-state index in [2.05, 4.69) is 0 Å². The van der Waals surface area contributed by atoms with Crippen molar-refractivity contribution in [2.24, 2.45) is 0 Å². The molecule has 6 heavy (non-hydrogen) atoms. The Balaban J connectivity index is -0.0000000275. The van der Waals surface area contributed by atoms with Crippen molar-refractivity contribution >= 4 is 16.2 Å². The van der Waals surface area contributed by atoms with Gasteiger partial charge in [0.25, 0.3) is 0 Å². The standard InChI is InChI=1S/Ag.Al.3O.Ti.H. The van der Waals surface area contributed by atoms with Gasteiger partial charge in [-0.2, -0.15) is 0 Å². The molecule has 37 valence electrons. The molecule has 0 amide bonds. The summed E-state index contributed by atoms with van der Waals surface area (Å²) in [6.07, 6.45) is 0. The molecule has 1 radical (unpaired) electrons. The van der Waals surface area contributed by atoms with E-state index >= 15 is 0 Å². The topological polar surface area (TPSA) is 51.2 Å². The van der Waals surface area contributed by atoms with Crippen molar-refractivity contribution in [2.45, 2.75) is 0 Å². The maximum atomic E-state index is 8.50. The molecule has 0 heterocycles. The molecular weight excluding hydrogens is 231 g/mol. The van der Waals surface area contributed by atoms with Gasteiger partial charge >= 0.3 is 45.8 Å². The molecule has 0 aromatic rings. The summed E-state index contributed by atoms with van der Waals surface area (Å²) in [6.45, 7) is 0. The van der Waals surface area contributed by atoms with Gasteiger partial charge in [0.05, 0.1) is 0 Å². The van der Waals surface area contributed by atoms with Crippen molar-refractivity contribution in [1.82, 2.24) is 0 Å². The Morgan fingerprint density at radius 3 is 1.17 bits per heavy atom. The Labute approximate surface area is 67.6 Å². The molecule has 0 aromatic heterocycles. The van der Waals surface area contributed by atoms with Gasteiger partial charge in [-0.05, 0) is 0 Å².